The Kier molecular flexibility index (Phi) is 6.95. The number of hydrogen-bond donors (Lipinski definition) is 1. The van der Waals surface area contributed by atoms with Crippen LogP contribution in [0, 0.1) is 5.92 Å². The van der Waals surface area contributed by atoms with Crippen molar-refractivity contribution in [2.45, 2.75) is 58.4 Å². The Morgan fingerprint density at radius 3 is 2.53 bits per heavy atom. The first-order valence-electron chi connectivity index (χ1n) is 12.7. The van der Waals surface area contributed by atoms with Crippen LogP contribution >= 0.6 is 0 Å². The number of phenolic OH excluding ortho intramolecular Hbond substituents is 1. The molecule has 0 bridgehead atoms. The van der Waals surface area contributed by atoms with Crippen molar-refractivity contribution in [2.75, 3.05) is 13.2 Å². The van der Waals surface area contributed by atoms with E-state index in [1.54, 1.807) is 6.07 Å². The van der Waals surface area contributed by atoms with Crippen LogP contribution in [-0.2, 0) is 17.8 Å². The second-order valence-corrected chi connectivity index (χ2v) is 11.5. The first-order valence-corrected chi connectivity index (χ1v) is 12.7. The van der Waals surface area contributed by atoms with E-state index >= 15 is 0 Å². The molecule has 1 aromatic carbocycles. The highest BCUT2D eigenvalue weighted by atomic mass is 16.5. The molecule has 0 aliphatic carbocycles. The lowest BCUT2D eigenvalue weighted by Crippen LogP contribution is -2.70. The lowest BCUT2D eigenvalue weighted by molar-refractivity contribution is -0.117. The highest BCUT2D eigenvalue weighted by Crippen LogP contribution is 2.44. The molecule has 10 heteroatoms. The van der Waals surface area contributed by atoms with Gasteiger partial charge < -0.3 is 19.5 Å². The number of carbonyl (C=O) groups excluding carboxylic acids is 1. The first kappa shape index (κ1) is 26.2. The summed E-state index contributed by atoms with van der Waals surface area (Å²) in [6.45, 7) is 11.4. The van der Waals surface area contributed by atoms with Gasteiger partial charge in [0.1, 0.15) is 41.6 Å². The molecule has 7 nitrogen and oxygen atoms in total. The Balaban J connectivity index is 1.95. The molecule has 2 aliphatic rings. The molecule has 0 radical (unpaired) electrons. The summed E-state index contributed by atoms with van der Waals surface area (Å²) in [5.41, 5.74) is 4.13. The third-order valence-electron chi connectivity index (χ3n) is 6.74. The van der Waals surface area contributed by atoms with Gasteiger partial charge in [-0.05, 0) is 56.1 Å². The van der Waals surface area contributed by atoms with Crippen LogP contribution in [-0.4, -0.2) is 73.2 Å². The van der Waals surface area contributed by atoms with Crippen LogP contribution in [0.3, 0.4) is 0 Å². The lowest BCUT2D eigenvalue weighted by atomic mass is 9.47. The van der Waals surface area contributed by atoms with Gasteiger partial charge in [0, 0.05) is 17.2 Å². The van der Waals surface area contributed by atoms with Crippen LogP contribution in [0.15, 0.2) is 30.4 Å². The number of amides is 1. The first-order chi connectivity index (χ1) is 16.9. The lowest BCUT2D eigenvalue weighted by Gasteiger charge is -2.53. The second-order valence-electron chi connectivity index (χ2n) is 11.5. The van der Waals surface area contributed by atoms with Gasteiger partial charge in [0.25, 0.3) is 5.91 Å². The van der Waals surface area contributed by atoms with Gasteiger partial charge in [-0.1, -0.05) is 26.0 Å². The van der Waals surface area contributed by atoms with E-state index in [2.05, 4.69) is 20.8 Å². The van der Waals surface area contributed by atoms with Gasteiger partial charge >= 0.3 is 0 Å². The Bertz CT molecular complexity index is 1240. The van der Waals surface area contributed by atoms with Crippen molar-refractivity contribution < 1.29 is 19.4 Å². The fourth-order valence-corrected chi connectivity index (χ4v) is 5.35. The highest BCUT2D eigenvalue weighted by molar-refractivity contribution is 6.60. The molecule has 1 saturated heterocycles. The molecular formula is C26H36B3N3O4. The number of rotatable bonds is 7. The smallest absolute Gasteiger partial charge is 0.273 e. The molecule has 1 amide bonds. The molecule has 36 heavy (non-hydrogen) atoms. The predicted molar refractivity (Wildman–Crippen MR) is 151 cm³/mol. The summed E-state index contributed by atoms with van der Waals surface area (Å²) in [7, 11) is 6.13. The van der Waals surface area contributed by atoms with Crippen molar-refractivity contribution in [3.05, 3.63) is 47.2 Å². The monoisotopic (exact) mass is 487 g/mol. The third kappa shape index (κ3) is 4.51. The van der Waals surface area contributed by atoms with E-state index in [1.807, 2.05) is 71.3 Å². The van der Waals surface area contributed by atoms with Crippen molar-refractivity contribution in [3.63, 3.8) is 0 Å². The van der Waals surface area contributed by atoms with Crippen molar-refractivity contribution in [2.24, 2.45) is 5.92 Å². The largest absolute Gasteiger partial charge is 0.508 e. The van der Waals surface area contributed by atoms with Crippen molar-refractivity contribution in [3.8, 4) is 22.8 Å². The van der Waals surface area contributed by atoms with Gasteiger partial charge in [0.2, 0.25) is 0 Å². The molecule has 1 N–H and O–H groups in total. The minimum Gasteiger partial charge on any atom is -0.508 e. The van der Waals surface area contributed by atoms with E-state index in [4.69, 9.17) is 14.6 Å². The van der Waals surface area contributed by atoms with Crippen LogP contribution in [0.5, 0.6) is 11.5 Å². The van der Waals surface area contributed by atoms with Crippen molar-refractivity contribution >= 4 is 35.1 Å². The number of allylic oxidation sites excluding steroid dienone is 4. The number of fused-ring (bicyclic) bond motifs is 3. The van der Waals surface area contributed by atoms with Crippen LogP contribution in [0.4, 0.5) is 0 Å². The Labute approximate surface area is 216 Å². The molecule has 1 aromatic heterocycles. The maximum absolute atomic E-state index is 14.2. The zero-order valence-corrected chi connectivity index (χ0v) is 22.8. The molecule has 2 aliphatic heterocycles. The molecule has 1 fully saturated rings. The van der Waals surface area contributed by atoms with Crippen molar-refractivity contribution in [1.29, 1.82) is 0 Å². The molecule has 0 spiro atoms. The van der Waals surface area contributed by atoms with Crippen LogP contribution in [0.1, 0.15) is 56.2 Å². The Morgan fingerprint density at radius 1 is 1.31 bits per heavy atom. The molecule has 0 atom stereocenters. The maximum Gasteiger partial charge on any atom is 0.273 e. The van der Waals surface area contributed by atoms with E-state index in [0.717, 1.165) is 34.5 Å². The number of benzene rings is 1. The minimum absolute atomic E-state index is 0.132. The average Bonchev–Trinajstić information content (AvgIpc) is 3.15. The SMILES string of the molecule is BC(B)(B)N(C(=O)c1nn(C(/C=C\C)=C/C)c2c1COc1cc(O)c(CC(C)C)cc1-2)C1(C)COC1. The van der Waals surface area contributed by atoms with Gasteiger partial charge in [-0.15, -0.1) is 0 Å². The van der Waals surface area contributed by atoms with Gasteiger partial charge in [-0.2, -0.15) is 5.10 Å². The molecule has 0 saturated carbocycles. The van der Waals surface area contributed by atoms with Crippen molar-refractivity contribution in [1.82, 2.24) is 14.7 Å². The third-order valence-corrected chi connectivity index (χ3v) is 6.74. The fourth-order valence-electron chi connectivity index (χ4n) is 5.35. The average molecular weight is 487 g/mol. The topological polar surface area (TPSA) is 76.8 Å². The van der Waals surface area contributed by atoms with Gasteiger partial charge in [-0.3, -0.25) is 4.79 Å². The van der Waals surface area contributed by atoms with Gasteiger partial charge in [-0.25, -0.2) is 4.68 Å². The van der Waals surface area contributed by atoms with E-state index in [-0.39, 0.29) is 18.3 Å². The van der Waals surface area contributed by atoms with E-state index in [0.29, 0.717) is 30.6 Å². The summed E-state index contributed by atoms with van der Waals surface area (Å²) in [5, 5.41) is 15.1. The Morgan fingerprint density at radius 2 is 2.00 bits per heavy atom. The van der Waals surface area contributed by atoms with E-state index in [9.17, 15) is 9.90 Å². The summed E-state index contributed by atoms with van der Waals surface area (Å²) < 4.78 is 13.5. The Hall–Kier alpha value is -2.87. The maximum atomic E-state index is 14.2. The molecule has 0 unspecified atom stereocenters. The predicted octanol–water partition coefficient (Wildman–Crippen LogP) is 1.53. The molecule has 2 aromatic rings. The number of aromatic hydroxyl groups is 1. The number of hydrogen-bond acceptors (Lipinski definition) is 5. The highest BCUT2D eigenvalue weighted by Gasteiger charge is 2.48. The zero-order chi connectivity index (χ0) is 26.4. The summed E-state index contributed by atoms with van der Waals surface area (Å²) in [5.74, 6) is 1.06. The quantitative estimate of drug-likeness (QED) is 0.474. The van der Waals surface area contributed by atoms with Gasteiger partial charge in [0.05, 0.1) is 30.1 Å². The van der Waals surface area contributed by atoms with Crippen LogP contribution in [0.25, 0.3) is 17.0 Å². The normalized spacial score (nSPS) is 16.9. The van der Waals surface area contributed by atoms with E-state index < -0.39 is 10.8 Å². The second kappa shape index (κ2) is 9.54. The van der Waals surface area contributed by atoms with Gasteiger partial charge in [0.15, 0.2) is 5.69 Å². The fraction of sp³-hybridized carbons (Fsp3) is 0.462. The summed E-state index contributed by atoms with van der Waals surface area (Å²) >= 11 is 0. The number of carbonyl (C=O) groups is 1. The molecule has 4 rings (SSSR count). The number of nitrogens with zero attached hydrogens (tertiary/aromatic N) is 3. The summed E-state index contributed by atoms with van der Waals surface area (Å²) in [4.78, 5) is 16.1. The standard InChI is InChI=1S/C26H36B3N3O4/c1-6-8-17(7-2)31-23-18-10-16(9-15(3)4)20(33)11-21(18)36-12-19(23)22(30-31)24(34)32(26(27,28)29)25(5)13-35-14-25/h6-8,10-11,15,33H,9,12-14,27-29H2,1-5H3/b8-6-,17-7+. The molecular weight excluding hydrogens is 451 g/mol. The molecule has 3 heterocycles. The summed E-state index contributed by atoms with van der Waals surface area (Å²) in [6, 6.07) is 3.68. The molecule has 188 valence electrons. The van der Waals surface area contributed by atoms with E-state index in [1.165, 1.54) is 0 Å². The zero-order valence-electron chi connectivity index (χ0n) is 22.8. The van der Waals surface area contributed by atoms with Crippen LogP contribution in [0.2, 0.25) is 0 Å². The number of aromatic nitrogens is 2. The van der Waals surface area contributed by atoms with Crippen LogP contribution < -0.4 is 4.74 Å². The summed E-state index contributed by atoms with van der Waals surface area (Å²) in [6.07, 6.45) is 6.65. The number of phenols is 1. The minimum atomic E-state index is -0.428. The number of ether oxygens (including phenoxy) is 2.